The number of pyridine rings is 1. The second kappa shape index (κ2) is 7.92. The third-order valence-electron chi connectivity index (χ3n) is 5.48. The molecule has 0 aliphatic heterocycles. The van der Waals surface area contributed by atoms with E-state index in [4.69, 9.17) is 0 Å². The summed E-state index contributed by atoms with van der Waals surface area (Å²) < 4.78 is 0. The van der Waals surface area contributed by atoms with E-state index in [1.165, 1.54) is 5.56 Å². The van der Waals surface area contributed by atoms with Crippen LogP contribution in [0.4, 0.5) is 0 Å². The van der Waals surface area contributed by atoms with Crippen molar-refractivity contribution in [2.45, 2.75) is 26.7 Å². The highest BCUT2D eigenvalue weighted by atomic mass is 16.1. The molecule has 0 spiro atoms. The van der Waals surface area contributed by atoms with E-state index >= 15 is 0 Å². The van der Waals surface area contributed by atoms with Gasteiger partial charge in [0.05, 0.1) is 6.42 Å². The average molecular weight is 384 g/mol. The van der Waals surface area contributed by atoms with Crippen molar-refractivity contribution in [2.75, 3.05) is 6.54 Å². The number of carbonyl (C=O) groups is 1. The monoisotopic (exact) mass is 384 g/mol. The van der Waals surface area contributed by atoms with Gasteiger partial charge in [-0.25, -0.2) is 0 Å². The van der Waals surface area contributed by atoms with E-state index in [2.05, 4.69) is 23.3 Å². The number of aromatic amines is 1. The number of fused-ring (bicyclic) bond motifs is 2. The molecule has 4 heteroatoms. The van der Waals surface area contributed by atoms with Crippen LogP contribution >= 0.6 is 0 Å². The maximum absolute atomic E-state index is 12.4. The van der Waals surface area contributed by atoms with Crippen LogP contribution in [0.15, 0.2) is 65.5 Å². The van der Waals surface area contributed by atoms with E-state index < -0.39 is 0 Å². The number of hydrogen-bond acceptors (Lipinski definition) is 2. The molecule has 1 aromatic heterocycles. The van der Waals surface area contributed by atoms with Crippen molar-refractivity contribution in [2.24, 2.45) is 0 Å². The number of benzene rings is 3. The van der Waals surface area contributed by atoms with Crippen LogP contribution < -0.4 is 10.9 Å². The summed E-state index contributed by atoms with van der Waals surface area (Å²) in [6.45, 7) is 4.53. The van der Waals surface area contributed by atoms with Gasteiger partial charge in [0.1, 0.15) is 0 Å². The van der Waals surface area contributed by atoms with Crippen LogP contribution in [0.5, 0.6) is 0 Å². The van der Waals surface area contributed by atoms with Gasteiger partial charge in [-0.1, -0.05) is 42.5 Å². The van der Waals surface area contributed by atoms with Gasteiger partial charge in [-0.15, -0.1) is 0 Å². The zero-order chi connectivity index (χ0) is 20.4. The minimum absolute atomic E-state index is 0.0370. The number of aryl methyl sites for hydroxylation is 2. The largest absolute Gasteiger partial charge is 0.355 e. The Morgan fingerprint density at radius 2 is 1.66 bits per heavy atom. The summed E-state index contributed by atoms with van der Waals surface area (Å²) in [5, 5.41) is 6.20. The number of hydrogen-bond donors (Lipinski definition) is 2. The van der Waals surface area contributed by atoms with Crippen molar-refractivity contribution < 1.29 is 4.79 Å². The Bertz CT molecular complexity index is 1270. The van der Waals surface area contributed by atoms with Crippen molar-refractivity contribution in [3.8, 4) is 0 Å². The SMILES string of the molecule is Cc1cc2cc(CCNC(=O)Cc3cccc4ccccc34)c(=O)[nH]c2cc1C. The molecule has 0 aliphatic rings. The molecule has 29 heavy (non-hydrogen) atoms. The molecule has 4 aromatic rings. The molecule has 0 aliphatic carbocycles. The zero-order valence-electron chi connectivity index (χ0n) is 16.7. The van der Waals surface area contributed by atoms with Crippen LogP contribution in [0, 0.1) is 13.8 Å². The Labute approximate surface area is 169 Å². The number of rotatable bonds is 5. The molecule has 1 heterocycles. The lowest BCUT2D eigenvalue weighted by Gasteiger charge is -2.09. The highest BCUT2D eigenvalue weighted by Gasteiger charge is 2.08. The standard InChI is InChI=1S/C25H24N2O2/c1-16-12-21-14-20(25(29)27-23(21)13-17(16)2)10-11-26-24(28)15-19-8-5-7-18-6-3-4-9-22(18)19/h3-9,12-14H,10-11,15H2,1-2H3,(H,26,28)(H,27,29). The van der Waals surface area contributed by atoms with Gasteiger partial charge in [0.15, 0.2) is 0 Å². The van der Waals surface area contributed by atoms with E-state index in [-0.39, 0.29) is 11.5 Å². The van der Waals surface area contributed by atoms with Gasteiger partial charge in [0.25, 0.3) is 5.56 Å². The average Bonchev–Trinajstić information content (AvgIpc) is 2.70. The molecule has 4 rings (SSSR count). The predicted octanol–water partition coefficient (Wildman–Crippen LogP) is 4.20. The first-order chi connectivity index (χ1) is 14.0. The second-order valence-electron chi connectivity index (χ2n) is 7.56. The topological polar surface area (TPSA) is 62.0 Å². The van der Waals surface area contributed by atoms with Gasteiger partial charge in [0, 0.05) is 17.6 Å². The molecule has 0 bridgehead atoms. The van der Waals surface area contributed by atoms with E-state index in [1.807, 2.05) is 61.5 Å². The summed E-state index contributed by atoms with van der Waals surface area (Å²) in [5.74, 6) is -0.0370. The van der Waals surface area contributed by atoms with Crippen LogP contribution in [0.2, 0.25) is 0 Å². The highest BCUT2D eigenvalue weighted by molar-refractivity contribution is 5.90. The van der Waals surface area contributed by atoms with Crippen molar-refractivity contribution in [1.82, 2.24) is 10.3 Å². The lowest BCUT2D eigenvalue weighted by Crippen LogP contribution is -2.28. The van der Waals surface area contributed by atoms with Crippen molar-refractivity contribution in [3.63, 3.8) is 0 Å². The number of H-pyrrole nitrogens is 1. The molecule has 0 saturated carbocycles. The molecular formula is C25H24N2O2. The minimum Gasteiger partial charge on any atom is -0.355 e. The van der Waals surface area contributed by atoms with E-state index in [0.29, 0.717) is 24.9 Å². The molecule has 1 amide bonds. The molecule has 3 aromatic carbocycles. The van der Waals surface area contributed by atoms with Gasteiger partial charge < -0.3 is 10.3 Å². The smallest absolute Gasteiger partial charge is 0.251 e. The van der Waals surface area contributed by atoms with Crippen LogP contribution in [-0.4, -0.2) is 17.4 Å². The van der Waals surface area contributed by atoms with Crippen LogP contribution in [0.3, 0.4) is 0 Å². The van der Waals surface area contributed by atoms with Crippen LogP contribution in [0.25, 0.3) is 21.7 Å². The maximum Gasteiger partial charge on any atom is 0.251 e. The fourth-order valence-electron chi connectivity index (χ4n) is 3.73. The van der Waals surface area contributed by atoms with Gasteiger partial charge in [-0.05, 0) is 71.3 Å². The maximum atomic E-state index is 12.4. The van der Waals surface area contributed by atoms with E-state index in [0.717, 1.165) is 32.8 Å². The predicted molar refractivity (Wildman–Crippen MR) is 118 cm³/mol. The first-order valence-corrected chi connectivity index (χ1v) is 9.88. The molecule has 146 valence electrons. The Morgan fingerprint density at radius 1 is 0.897 bits per heavy atom. The van der Waals surface area contributed by atoms with Gasteiger partial charge in [0.2, 0.25) is 5.91 Å². The fraction of sp³-hybridized carbons (Fsp3) is 0.200. The summed E-state index contributed by atoms with van der Waals surface area (Å²) in [6, 6.07) is 20.1. The summed E-state index contributed by atoms with van der Waals surface area (Å²) in [6.07, 6.45) is 0.827. The Balaban J connectivity index is 1.43. The fourth-order valence-corrected chi connectivity index (χ4v) is 3.73. The van der Waals surface area contributed by atoms with Gasteiger partial charge >= 0.3 is 0 Å². The molecule has 0 saturated heterocycles. The number of carbonyl (C=O) groups excluding carboxylic acids is 1. The number of nitrogens with one attached hydrogen (secondary N) is 2. The lowest BCUT2D eigenvalue weighted by atomic mass is 10.0. The number of aromatic nitrogens is 1. The molecule has 0 atom stereocenters. The Kier molecular flexibility index (Phi) is 5.17. The summed E-state index contributed by atoms with van der Waals surface area (Å²) >= 11 is 0. The first kappa shape index (κ1) is 18.9. The van der Waals surface area contributed by atoms with Gasteiger partial charge in [-0.3, -0.25) is 9.59 Å². The zero-order valence-corrected chi connectivity index (χ0v) is 16.7. The third-order valence-corrected chi connectivity index (χ3v) is 5.48. The van der Waals surface area contributed by atoms with Crippen molar-refractivity contribution >= 4 is 27.6 Å². The molecule has 0 radical (unpaired) electrons. The van der Waals surface area contributed by atoms with Crippen LogP contribution in [0.1, 0.15) is 22.3 Å². The Hall–Kier alpha value is -3.40. The van der Waals surface area contributed by atoms with Crippen molar-refractivity contribution in [1.29, 1.82) is 0 Å². The Morgan fingerprint density at radius 3 is 2.52 bits per heavy atom. The van der Waals surface area contributed by atoms with Crippen molar-refractivity contribution in [3.05, 3.63) is 93.3 Å². The normalized spacial score (nSPS) is 11.1. The highest BCUT2D eigenvalue weighted by Crippen LogP contribution is 2.19. The van der Waals surface area contributed by atoms with E-state index in [9.17, 15) is 9.59 Å². The summed E-state index contributed by atoms with van der Waals surface area (Å²) in [7, 11) is 0. The summed E-state index contributed by atoms with van der Waals surface area (Å²) in [5.41, 5.74) is 4.80. The van der Waals surface area contributed by atoms with Gasteiger partial charge in [-0.2, -0.15) is 0 Å². The molecule has 0 unspecified atom stereocenters. The molecule has 2 N–H and O–H groups in total. The summed E-state index contributed by atoms with van der Waals surface area (Å²) in [4.78, 5) is 27.8. The molecular weight excluding hydrogens is 360 g/mol. The lowest BCUT2D eigenvalue weighted by molar-refractivity contribution is -0.120. The molecule has 4 nitrogen and oxygen atoms in total. The molecule has 0 fully saturated rings. The first-order valence-electron chi connectivity index (χ1n) is 9.88. The number of amides is 1. The van der Waals surface area contributed by atoms with Crippen LogP contribution in [-0.2, 0) is 17.6 Å². The second-order valence-corrected chi connectivity index (χ2v) is 7.56. The minimum atomic E-state index is -0.0935. The van der Waals surface area contributed by atoms with E-state index in [1.54, 1.807) is 0 Å². The third kappa shape index (κ3) is 4.06. The quantitative estimate of drug-likeness (QED) is 0.542.